The van der Waals surface area contributed by atoms with Gasteiger partial charge in [-0.3, -0.25) is 9.59 Å². The Morgan fingerprint density at radius 2 is 2.03 bits per heavy atom. The summed E-state index contributed by atoms with van der Waals surface area (Å²) in [5.74, 6) is 1.66. The predicted molar refractivity (Wildman–Crippen MR) is 117 cm³/mol. The monoisotopic (exact) mass is 422 g/mol. The number of thioether (sulfide) groups is 1. The topological polar surface area (TPSA) is 71.8 Å². The molecular weight excluding hydrogens is 400 g/mol. The van der Waals surface area contributed by atoms with E-state index < -0.39 is 0 Å². The molecule has 4 rings (SSSR count). The van der Waals surface area contributed by atoms with Crippen molar-refractivity contribution in [3.8, 4) is 5.75 Å². The fourth-order valence-electron chi connectivity index (χ4n) is 3.38. The highest BCUT2D eigenvalue weighted by Gasteiger charge is 2.33. The minimum Gasteiger partial charge on any atom is -0.495 e. The van der Waals surface area contributed by atoms with Crippen molar-refractivity contribution >= 4 is 29.3 Å². The Hall–Kier alpha value is -3.19. The van der Waals surface area contributed by atoms with Gasteiger partial charge in [-0.1, -0.05) is 18.2 Å². The van der Waals surface area contributed by atoms with Crippen molar-refractivity contribution in [3.05, 3.63) is 83.3 Å². The number of nitrogens with zero attached hydrogens (tertiary/aromatic N) is 1. The van der Waals surface area contributed by atoms with Crippen molar-refractivity contribution < 1.29 is 18.7 Å². The Kier molecular flexibility index (Phi) is 5.81. The van der Waals surface area contributed by atoms with Crippen LogP contribution >= 0.6 is 11.8 Å². The molecule has 2 amide bonds. The van der Waals surface area contributed by atoms with Gasteiger partial charge in [0.2, 0.25) is 5.91 Å². The summed E-state index contributed by atoms with van der Waals surface area (Å²) < 4.78 is 10.7. The van der Waals surface area contributed by atoms with Crippen LogP contribution in [0.5, 0.6) is 5.75 Å². The molecule has 2 heterocycles. The molecular formula is C23H22N2O4S. The summed E-state index contributed by atoms with van der Waals surface area (Å²) in [5, 5.41) is 2.81. The highest BCUT2D eigenvalue weighted by molar-refractivity contribution is 8.00. The van der Waals surface area contributed by atoms with Crippen molar-refractivity contribution in [1.29, 1.82) is 0 Å². The maximum atomic E-state index is 12.7. The van der Waals surface area contributed by atoms with Crippen LogP contribution in [-0.4, -0.2) is 29.6 Å². The molecule has 6 nitrogen and oxygen atoms in total. The highest BCUT2D eigenvalue weighted by Crippen LogP contribution is 2.39. The first-order valence-electron chi connectivity index (χ1n) is 9.54. The second kappa shape index (κ2) is 8.67. The van der Waals surface area contributed by atoms with Crippen LogP contribution in [0, 0.1) is 6.92 Å². The van der Waals surface area contributed by atoms with Gasteiger partial charge in [0.05, 0.1) is 31.4 Å². The van der Waals surface area contributed by atoms with E-state index in [-0.39, 0.29) is 17.2 Å². The van der Waals surface area contributed by atoms with Crippen molar-refractivity contribution in [3.63, 3.8) is 0 Å². The molecule has 1 fully saturated rings. The Bertz CT molecular complexity index is 1050. The normalized spacial score (nSPS) is 16.0. The summed E-state index contributed by atoms with van der Waals surface area (Å²) in [7, 11) is 1.57. The van der Waals surface area contributed by atoms with Crippen LogP contribution in [0.4, 0.5) is 5.69 Å². The van der Waals surface area contributed by atoms with Crippen LogP contribution < -0.4 is 10.1 Å². The van der Waals surface area contributed by atoms with E-state index in [1.165, 1.54) is 0 Å². The van der Waals surface area contributed by atoms with Crippen LogP contribution in [0.15, 0.2) is 65.3 Å². The fraction of sp³-hybridized carbons (Fsp3) is 0.217. The maximum Gasteiger partial charge on any atom is 0.255 e. The molecule has 0 aliphatic carbocycles. The zero-order valence-electron chi connectivity index (χ0n) is 16.8. The molecule has 0 spiro atoms. The highest BCUT2D eigenvalue weighted by atomic mass is 32.2. The minimum absolute atomic E-state index is 0.0785. The first-order chi connectivity index (χ1) is 14.5. The third kappa shape index (κ3) is 4.21. The zero-order chi connectivity index (χ0) is 21.1. The Balaban J connectivity index is 1.49. The number of hydrogen-bond acceptors (Lipinski definition) is 5. The second-order valence-corrected chi connectivity index (χ2v) is 8.11. The lowest BCUT2D eigenvalue weighted by Crippen LogP contribution is -2.27. The Morgan fingerprint density at radius 3 is 2.73 bits per heavy atom. The van der Waals surface area contributed by atoms with E-state index in [0.29, 0.717) is 29.3 Å². The van der Waals surface area contributed by atoms with E-state index in [4.69, 9.17) is 9.15 Å². The molecule has 1 aliphatic rings. The number of aryl methyl sites for hydroxylation is 1. The number of methoxy groups -OCH3 is 1. The van der Waals surface area contributed by atoms with Gasteiger partial charge in [-0.25, -0.2) is 0 Å². The summed E-state index contributed by atoms with van der Waals surface area (Å²) in [4.78, 5) is 26.8. The smallest absolute Gasteiger partial charge is 0.255 e. The van der Waals surface area contributed by atoms with Crippen molar-refractivity contribution in [2.24, 2.45) is 0 Å². The SMILES string of the molecule is COc1ccc(C)cc1NC(=O)c1ccc([C@@H]2SCC(=O)N2Cc2ccco2)cc1. The van der Waals surface area contributed by atoms with Gasteiger partial charge in [0.25, 0.3) is 5.91 Å². The molecule has 1 aliphatic heterocycles. The van der Waals surface area contributed by atoms with Gasteiger partial charge in [0.1, 0.15) is 16.9 Å². The molecule has 30 heavy (non-hydrogen) atoms. The van der Waals surface area contributed by atoms with Crippen LogP contribution in [0.2, 0.25) is 0 Å². The van der Waals surface area contributed by atoms with Crippen LogP contribution in [-0.2, 0) is 11.3 Å². The average Bonchev–Trinajstić information content (AvgIpc) is 3.39. The number of hydrogen-bond donors (Lipinski definition) is 1. The fourth-order valence-corrected chi connectivity index (χ4v) is 4.57. The first kappa shape index (κ1) is 20.1. The number of furan rings is 1. The van der Waals surface area contributed by atoms with Gasteiger partial charge in [0, 0.05) is 5.56 Å². The van der Waals surface area contributed by atoms with Gasteiger partial charge in [-0.15, -0.1) is 11.8 Å². The van der Waals surface area contributed by atoms with Gasteiger partial charge >= 0.3 is 0 Å². The lowest BCUT2D eigenvalue weighted by atomic mass is 10.1. The summed E-state index contributed by atoms with van der Waals surface area (Å²) >= 11 is 1.57. The number of amides is 2. The molecule has 7 heteroatoms. The number of benzene rings is 2. The lowest BCUT2D eigenvalue weighted by Gasteiger charge is -2.23. The summed E-state index contributed by atoms with van der Waals surface area (Å²) in [6, 6.07) is 16.7. The Labute approximate surface area is 179 Å². The van der Waals surface area contributed by atoms with Crippen molar-refractivity contribution in [2.45, 2.75) is 18.8 Å². The molecule has 1 saturated heterocycles. The third-order valence-electron chi connectivity index (χ3n) is 4.94. The van der Waals surface area contributed by atoms with E-state index >= 15 is 0 Å². The largest absolute Gasteiger partial charge is 0.495 e. The molecule has 2 aromatic carbocycles. The second-order valence-electron chi connectivity index (χ2n) is 7.04. The number of carbonyl (C=O) groups is 2. The van der Waals surface area contributed by atoms with E-state index in [1.54, 1.807) is 42.2 Å². The van der Waals surface area contributed by atoms with E-state index in [0.717, 1.165) is 16.9 Å². The Morgan fingerprint density at radius 1 is 1.23 bits per heavy atom. The standard InChI is InChI=1S/C23H22N2O4S/c1-15-5-10-20(28-2)19(12-15)24-22(27)16-6-8-17(9-7-16)23-25(21(26)14-30-23)13-18-4-3-11-29-18/h3-12,23H,13-14H2,1-2H3,(H,24,27)/t23-/m0/s1. The first-order valence-corrected chi connectivity index (χ1v) is 10.6. The van der Waals surface area contributed by atoms with Crippen molar-refractivity contribution in [1.82, 2.24) is 4.90 Å². The van der Waals surface area contributed by atoms with E-state index in [1.807, 2.05) is 49.4 Å². The number of rotatable bonds is 6. The molecule has 0 saturated carbocycles. The van der Waals surface area contributed by atoms with Crippen LogP contribution in [0.3, 0.4) is 0 Å². The van der Waals surface area contributed by atoms with Crippen LogP contribution in [0.25, 0.3) is 0 Å². The summed E-state index contributed by atoms with van der Waals surface area (Å²) in [6.07, 6.45) is 1.61. The quantitative estimate of drug-likeness (QED) is 0.627. The summed E-state index contributed by atoms with van der Waals surface area (Å²) in [5.41, 5.74) is 3.17. The molecule has 3 aromatic rings. The van der Waals surface area contributed by atoms with Gasteiger partial charge in [0.15, 0.2) is 0 Å². The number of anilines is 1. The molecule has 1 N–H and O–H groups in total. The van der Waals surface area contributed by atoms with Gasteiger partial charge in [-0.05, 0) is 54.4 Å². The van der Waals surface area contributed by atoms with Crippen LogP contribution in [0.1, 0.15) is 32.6 Å². The lowest BCUT2D eigenvalue weighted by molar-refractivity contribution is -0.128. The minimum atomic E-state index is -0.215. The molecule has 154 valence electrons. The molecule has 0 bridgehead atoms. The summed E-state index contributed by atoms with van der Waals surface area (Å²) in [6.45, 7) is 2.39. The molecule has 1 aromatic heterocycles. The van der Waals surface area contributed by atoms with Crippen molar-refractivity contribution in [2.75, 3.05) is 18.2 Å². The predicted octanol–water partition coefficient (Wildman–Crippen LogP) is 4.62. The molecule has 0 radical (unpaired) electrons. The molecule has 1 atom stereocenters. The third-order valence-corrected chi connectivity index (χ3v) is 6.19. The van der Waals surface area contributed by atoms with Gasteiger partial charge in [-0.2, -0.15) is 0 Å². The van der Waals surface area contributed by atoms with E-state index in [9.17, 15) is 9.59 Å². The zero-order valence-corrected chi connectivity index (χ0v) is 17.6. The average molecular weight is 423 g/mol. The number of ether oxygens (including phenoxy) is 1. The molecule has 0 unspecified atom stereocenters. The van der Waals surface area contributed by atoms with Gasteiger partial charge < -0.3 is 19.4 Å². The van der Waals surface area contributed by atoms with E-state index in [2.05, 4.69) is 5.32 Å². The number of carbonyl (C=O) groups excluding carboxylic acids is 2. The maximum absolute atomic E-state index is 12.7. The number of nitrogens with one attached hydrogen (secondary N) is 1.